The van der Waals surface area contributed by atoms with Crippen molar-refractivity contribution in [3.05, 3.63) is 28.7 Å². The van der Waals surface area contributed by atoms with Crippen molar-refractivity contribution in [1.29, 1.82) is 0 Å². The fourth-order valence-corrected chi connectivity index (χ4v) is 1.71. The summed E-state index contributed by atoms with van der Waals surface area (Å²) < 4.78 is 11.6. The van der Waals surface area contributed by atoms with Crippen molar-refractivity contribution >= 4 is 45.9 Å². The van der Waals surface area contributed by atoms with Crippen LogP contribution in [0.15, 0.2) is 33.7 Å². The van der Waals surface area contributed by atoms with Gasteiger partial charge in [-0.3, -0.25) is 0 Å². The smallest absolute Gasteiger partial charge is 0.188 e. The van der Waals surface area contributed by atoms with E-state index in [-0.39, 0.29) is 30.0 Å². The molecule has 0 aromatic heterocycles. The fraction of sp³-hybridized carbons (Fsp3) is 0.462. The van der Waals surface area contributed by atoms with E-state index in [0.29, 0.717) is 25.7 Å². The topological polar surface area (TPSA) is 68.9 Å². The molecule has 0 radical (unpaired) electrons. The molecule has 1 rings (SSSR count). The molecule has 0 aliphatic carbocycles. The number of nitrogens with zero attached hydrogens (tertiary/aromatic N) is 1. The molecule has 3 N–H and O–H groups in total. The molecule has 0 fully saturated rings. The summed E-state index contributed by atoms with van der Waals surface area (Å²) in [5.41, 5.74) is 5.73. The summed E-state index contributed by atoms with van der Waals surface area (Å²) in [5.74, 6) is 1.22. The number of methoxy groups -OCH3 is 1. The van der Waals surface area contributed by atoms with E-state index in [2.05, 4.69) is 26.2 Å². The van der Waals surface area contributed by atoms with Gasteiger partial charge in [0, 0.05) is 17.6 Å². The van der Waals surface area contributed by atoms with Crippen LogP contribution in [0.2, 0.25) is 0 Å². The molecule has 20 heavy (non-hydrogen) atoms. The van der Waals surface area contributed by atoms with E-state index in [1.54, 1.807) is 7.11 Å². The molecule has 0 heterocycles. The van der Waals surface area contributed by atoms with E-state index < -0.39 is 0 Å². The number of guanidine groups is 1. The lowest BCUT2D eigenvalue weighted by Crippen LogP contribution is -2.40. The van der Waals surface area contributed by atoms with Crippen molar-refractivity contribution in [2.24, 2.45) is 10.7 Å². The van der Waals surface area contributed by atoms with Crippen molar-refractivity contribution in [3.63, 3.8) is 0 Å². The van der Waals surface area contributed by atoms with Crippen molar-refractivity contribution in [2.45, 2.75) is 13.0 Å². The van der Waals surface area contributed by atoms with E-state index in [1.807, 2.05) is 31.2 Å². The molecule has 0 spiro atoms. The highest BCUT2D eigenvalue weighted by Gasteiger charge is 2.01. The van der Waals surface area contributed by atoms with E-state index in [0.717, 1.165) is 10.2 Å². The number of aliphatic imine (C=N–C) groups is 1. The number of nitrogens with one attached hydrogen (secondary N) is 1. The molecule has 1 unspecified atom stereocenters. The van der Waals surface area contributed by atoms with E-state index in [1.165, 1.54) is 0 Å². The average Bonchev–Trinajstić information content (AvgIpc) is 2.37. The maximum Gasteiger partial charge on any atom is 0.188 e. The lowest BCUT2D eigenvalue weighted by molar-refractivity contribution is 0.179. The lowest BCUT2D eigenvalue weighted by Gasteiger charge is -2.13. The Hall–Kier alpha value is -0.540. The largest absolute Gasteiger partial charge is 0.492 e. The molecule has 1 aromatic rings. The lowest BCUT2D eigenvalue weighted by atomic mass is 10.3. The number of benzene rings is 1. The first-order valence-corrected chi connectivity index (χ1v) is 6.85. The van der Waals surface area contributed by atoms with Gasteiger partial charge in [0.1, 0.15) is 12.4 Å². The quantitative estimate of drug-likeness (QED) is 0.285. The van der Waals surface area contributed by atoms with Crippen LogP contribution in [0.25, 0.3) is 0 Å². The van der Waals surface area contributed by atoms with E-state index >= 15 is 0 Å². The van der Waals surface area contributed by atoms with Gasteiger partial charge in [0.05, 0.1) is 13.2 Å². The molecule has 1 aromatic carbocycles. The Kier molecular flexibility index (Phi) is 10.9. The normalized spacial score (nSPS) is 12.4. The van der Waals surface area contributed by atoms with Crippen molar-refractivity contribution < 1.29 is 9.47 Å². The minimum absolute atomic E-state index is 0. The van der Waals surface area contributed by atoms with Crippen molar-refractivity contribution in [2.75, 3.05) is 26.9 Å². The summed E-state index contributed by atoms with van der Waals surface area (Å²) in [4.78, 5) is 4.17. The Morgan fingerprint density at radius 2 is 2.05 bits per heavy atom. The van der Waals surface area contributed by atoms with Crippen LogP contribution < -0.4 is 15.8 Å². The van der Waals surface area contributed by atoms with Gasteiger partial charge < -0.3 is 20.5 Å². The van der Waals surface area contributed by atoms with Gasteiger partial charge in [-0.15, -0.1) is 24.0 Å². The van der Waals surface area contributed by atoms with Crippen LogP contribution in [0.4, 0.5) is 0 Å². The third-order valence-corrected chi connectivity index (χ3v) is 2.80. The SMILES string of the molecule is COCC(C)NC(N)=NCCOc1ccc(Br)cc1.I. The molecule has 0 amide bonds. The summed E-state index contributed by atoms with van der Waals surface area (Å²) in [5, 5.41) is 3.03. The van der Waals surface area contributed by atoms with E-state index in [4.69, 9.17) is 15.2 Å². The van der Waals surface area contributed by atoms with Gasteiger partial charge in [-0.1, -0.05) is 15.9 Å². The molecule has 0 aliphatic heterocycles. The number of hydrogen-bond acceptors (Lipinski definition) is 3. The number of hydrogen-bond donors (Lipinski definition) is 2. The molecule has 5 nitrogen and oxygen atoms in total. The minimum atomic E-state index is 0. The van der Waals surface area contributed by atoms with Gasteiger partial charge in [0.15, 0.2) is 5.96 Å². The van der Waals surface area contributed by atoms with Crippen LogP contribution in [0.3, 0.4) is 0 Å². The van der Waals surface area contributed by atoms with Crippen LogP contribution in [0.1, 0.15) is 6.92 Å². The summed E-state index contributed by atoms with van der Waals surface area (Å²) in [6, 6.07) is 7.80. The molecular formula is C13H21BrIN3O2. The van der Waals surface area contributed by atoms with Crippen LogP contribution in [-0.4, -0.2) is 38.9 Å². The highest BCUT2D eigenvalue weighted by molar-refractivity contribution is 14.0. The number of rotatable bonds is 7. The predicted octanol–water partition coefficient (Wildman–Crippen LogP) is 2.39. The number of ether oxygens (including phenoxy) is 2. The van der Waals surface area contributed by atoms with Gasteiger partial charge in [-0.25, -0.2) is 4.99 Å². The second-order valence-electron chi connectivity index (χ2n) is 4.07. The second kappa shape index (κ2) is 11.2. The third kappa shape index (κ3) is 8.60. The summed E-state index contributed by atoms with van der Waals surface area (Å²) in [7, 11) is 1.65. The van der Waals surface area contributed by atoms with Gasteiger partial charge >= 0.3 is 0 Å². The molecule has 0 aliphatic rings. The predicted molar refractivity (Wildman–Crippen MR) is 96.0 cm³/mol. The zero-order chi connectivity index (χ0) is 14.1. The fourth-order valence-electron chi connectivity index (χ4n) is 1.45. The van der Waals surface area contributed by atoms with Gasteiger partial charge in [-0.2, -0.15) is 0 Å². The number of nitrogens with two attached hydrogens (primary N) is 1. The molecule has 7 heteroatoms. The van der Waals surface area contributed by atoms with Gasteiger partial charge in [-0.05, 0) is 31.2 Å². The van der Waals surface area contributed by atoms with Crippen LogP contribution in [0.5, 0.6) is 5.75 Å². The molecular weight excluding hydrogens is 437 g/mol. The number of halogens is 2. The second-order valence-corrected chi connectivity index (χ2v) is 4.99. The Bertz CT molecular complexity index is 401. The molecule has 1 atom stereocenters. The molecule has 0 bridgehead atoms. The maximum absolute atomic E-state index is 5.73. The maximum atomic E-state index is 5.73. The highest BCUT2D eigenvalue weighted by atomic mass is 127. The highest BCUT2D eigenvalue weighted by Crippen LogP contribution is 2.15. The van der Waals surface area contributed by atoms with Crippen molar-refractivity contribution in [3.8, 4) is 5.75 Å². The summed E-state index contributed by atoms with van der Waals surface area (Å²) >= 11 is 3.37. The molecule has 0 saturated carbocycles. The molecule has 0 saturated heterocycles. The van der Waals surface area contributed by atoms with Crippen LogP contribution in [-0.2, 0) is 4.74 Å². The Labute approximate surface area is 145 Å². The third-order valence-electron chi connectivity index (χ3n) is 2.27. The van der Waals surface area contributed by atoms with Crippen molar-refractivity contribution in [1.82, 2.24) is 5.32 Å². The summed E-state index contributed by atoms with van der Waals surface area (Å²) in [6.07, 6.45) is 0. The van der Waals surface area contributed by atoms with E-state index in [9.17, 15) is 0 Å². The zero-order valence-electron chi connectivity index (χ0n) is 11.6. The Morgan fingerprint density at radius 1 is 1.40 bits per heavy atom. The Morgan fingerprint density at radius 3 is 2.65 bits per heavy atom. The first-order chi connectivity index (χ1) is 9.11. The standard InChI is InChI=1S/C13H20BrN3O2.HI/c1-10(9-18-2)17-13(15)16-7-8-19-12-5-3-11(14)4-6-12;/h3-6,10H,7-9H2,1-2H3,(H3,15,16,17);1H. The minimum Gasteiger partial charge on any atom is -0.492 e. The molecule has 114 valence electrons. The van der Waals surface area contributed by atoms with Crippen LogP contribution in [0, 0.1) is 0 Å². The first-order valence-electron chi connectivity index (χ1n) is 6.05. The first kappa shape index (κ1) is 19.5. The Balaban J connectivity index is 0.00000361. The van der Waals surface area contributed by atoms with Gasteiger partial charge in [0.2, 0.25) is 0 Å². The monoisotopic (exact) mass is 457 g/mol. The zero-order valence-corrected chi connectivity index (χ0v) is 15.6. The summed E-state index contributed by atoms with van der Waals surface area (Å²) in [6.45, 7) is 3.56. The van der Waals surface area contributed by atoms with Crippen LogP contribution >= 0.6 is 39.9 Å². The van der Waals surface area contributed by atoms with Gasteiger partial charge in [0.25, 0.3) is 0 Å². The average molecular weight is 458 g/mol.